The smallest absolute Gasteiger partial charge is 0.256 e. The lowest BCUT2D eigenvalue weighted by molar-refractivity contribution is -0.128. The minimum Gasteiger partial charge on any atom is -0.493 e. The number of aryl methyl sites for hydroxylation is 1. The van der Waals surface area contributed by atoms with Crippen LogP contribution in [0, 0.1) is 6.92 Å². The lowest BCUT2D eigenvalue weighted by atomic mass is 9.96. The first kappa shape index (κ1) is 28.1. The summed E-state index contributed by atoms with van der Waals surface area (Å²) in [5, 5.41) is 2.92. The molecule has 0 bridgehead atoms. The highest BCUT2D eigenvalue weighted by Crippen LogP contribution is 2.39. The van der Waals surface area contributed by atoms with E-state index < -0.39 is 11.8 Å². The molecule has 1 unspecified atom stereocenters. The molecule has 3 amide bonds. The van der Waals surface area contributed by atoms with Gasteiger partial charge in [-0.25, -0.2) is 0 Å². The summed E-state index contributed by atoms with van der Waals surface area (Å²) in [5.41, 5.74) is 1.69. The Morgan fingerprint density at radius 3 is 2.32 bits per heavy atom. The molecule has 1 spiro atoms. The molecule has 0 aliphatic carbocycles. The molecule has 2 fully saturated rings. The Hall–Kier alpha value is -4.44. The first-order valence-corrected chi connectivity index (χ1v) is 13.6. The van der Waals surface area contributed by atoms with Gasteiger partial charge in [0.05, 0.1) is 33.1 Å². The van der Waals surface area contributed by atoms with Crippen LogP contribution >= 0.6 is 0 Å². The van der Waals surface area contributed by atoms with Crippen molar-refractivity contribution >= 4 is 17.7 Å². The third-order valence-electron chi connectivity index (χ3n) is 7.71. The molecular formula is C31H34N4O6. The summed E-state index contributed by atoms with van der Waals surface area (Å²) in [6.45, 7) is 2.96. The number of ether oxygens (including phenoxy) is 3. The average molecular weight is 559 g/mol. The van der Waals surface area contributed by atoms with Gasteiger partial charge in [-0.15, -0.1) is 0 Å². The molecule has 1 aromatic heterocycles. The maximum atomic E-state index is 13.9. The van der Waals surface area contributed by atoms with Gasteiger partial charge in [-0.1, -0.05) is 23.8 Å². The van der Waals surface area contributed by atoms with Crippen molar-refractivity contribution < 1.29 is 28.6 Å². The SMILES string of the molecule is COc1ccc(C(=O)N2CCC3(CC2)OCC(C(=O)NCc2ccccn2)N3C(=O)c2ccc(C)cc2)cc1OC. The monoisotopic (exact) mass is 558 g/mol. The second-order valence-corrected chi connectivity index (χ2v) is 10.2. The Morgan fingerprint density at radius 2 is 1.66 bits per heavy atom. The minimum absolute atomic E-state index is 0.0648. The van der Waals surface area contributed by atoms with Crippen LogP contribution in [0.15, 0.2) is 66.9 Å². The van der Waals surface area contributed by atoms with E-state index in [1.165, 1.54) is 7.11 Å². The largest absolute Gasteiger partial charge is 0.493 e. The molecule has 5 rings (SSSR count). The van der Waals surface area contributed by atoms with Crippen molar-refractivity contribution in [1.29, 1.82) is 0 Å². The number of carbonyl (C=O) groups excluding carboxylic acids is 3. The van der Waals surface area contributed by atoms with Crippen molar-refractivity contribution in [2.75, 3.05) is 33.9 Å². The molecule has 214 valence electrons. The zero-order chi connectivity index (χ0) is 29.0. The number of nitrogens with one attached hydrogen (secondary N) is 1. The van der Waals surface area contributed by atoms with Crippen LogP contribution in [0.1, 0.15) is 44.8 Å². The molecule has 2 aromatic carbocycles. The van der Waals surface area contributed by atoms with Crippen molar-refractivity contribution in [2.45, 2.75) is 38.1 Å². The lowest BCUT2D eigenvalue weighted by Gasteiger charge is -2.44. The molecule has 2 aliphatic heterocycles. The molecule has 10 heteroatoms. The molecule has 10 nitrogen and oxygen atoms in total. The Kier molecular flexibility index (Phi) is 8.21. The van der Waals surface area contributed by atoms with Crippen molar-refractivity contribution in [2.24, 2.45) is 0 Å². The first-order valence-electron chi connectivity index (χ1n) is 13.6. The van der Waals surface area contributed by atoms with E-state index in [4.69, 9.17) is 14.2 Å². The van der Waals surface area contributed by atoms with Gasteiger partial charge in [0.2, 0.25) is 5.91 Å². The third-order valence-corrected chi connectivity index (χ3v) is 7.71. The Labute approximate surface area is 239 Å². The van der Waals surface area contributed by atoms with E-state index in [-0.39, 0.29) is 30.9 Å². The fourth-order valence-corrected chi connectivity index (χ4v) is 5.41. The van der Waals surface area contributed by atoms with E-state index in [1.54, 1.807) is 53.4 Å². The van der Waals surface area contributed by atoms with Crippen LogP contribution in [-0.4, -0.2) is 78.2 Å². The molecule has 2 saturated heterocycles. The number of nitrogens with zero attached hydrogens (tertiary/aromatic N) is 3. The number of carbonyl (C=O) groups is 3. The molecule has 0 saturated carbocycles. The van der Waals surface area contributed by atoms with E-state index in [1.807, 2.05) is 37.3 Å². The summed E-state index contributed by atoms with van der Waals surface area (Å²) in [6, 6.07) is 17.0. The summed E-state index contributed by atoms with van der Waals surface area (Å²) >= 11 is 0. The van der Waals surface area contributed by atoms with Gasteiger partial charge in [0.25, 0.3) is 11.8 Å². The van der Waals surface area contributed by atoms with Crippen molar-refractivity contribution in [3.63, 3.8) is 0 Å². The molecule has 1 atom stereocenters. The van der Waals surface area contributed by atoms with Gasteiger partial charge < -0.3 is 24.4 Å². The van der Waals surface area contributed by atoms with Crippen LogP contribution in [0.3, 0.4) is 0 Å². The highest BCUT2D eigenvalue weighted by Gasteiger charge is 2.54. The Balaban J connectivity index is 1.35. The number of pyridine rings is 1. The van der Waals surface area contributed by atoms with Gasteiger partial charge in [0.15, 0.2) is 11.5 Å². The molecular weight excluding hydrogens is 524 g/mol. The second-order valence-electron chi connectivity index (χ2n) is 10.2. The van der Waals surface area contributed by atoms with Crippen LogP contribution in [0.25, 0.3) is 0 Å². The van der Waals surface area contributed by atoms with Gasteiger partial charge in [0.1, 0.15) is 11.8 Å². The number of hydrogen-bond acceptors (Lipinski definition) is 7. The maximum absolute atomic E-state index is 13.9. The summed E-state index contributed by atoms with van der Waals surface area (Å²) in [4.78, 5) is 48.3. The summed E-state index contributed by atoms with van der Waals surface area (Å²) < 4.78 is 17.0. The molecule has 1 N–H and O–H groups in total. The predicted octanol–water partition coefficient (Wildman–Crippen LogP) is 3.20. The quantitative estimate of drug-likeness (QED) is 0.474. The molecule has 2 aliphatic rings. The maximum Gasteiger partial charge on any atom is 0.256 e. The molecule has 3 heterocycles. The number of methoxy groups -OCH3 is 2. The number of aromatic nitrogens is 1. The van der Waals surface area contributed by atoms with E-state index in [9.17, 15) is 14.4 Å². The van der Waals surface area contributed by atoms with Gasteiger partial charge in [-0.2, -0.15) is 0 Å². The fraction of sp³-hybridized carbons (Fsp3) is 0.355. The van der Waals surface area contributed by atoms with Crippen LogP contribution in [0.2, 0.25) is 0 Å². The molecule has 0 radical (unpaired) electrons. The van der Waals surface area contributed by atoms with E-state index >= 15 is 0 Å². The van der Waals surface area contributed by atoms with Crippen LogP contribution < -0.4 is 14.8 Å². The van der Waals surface area contributed by atoms with Gasteiger partial charge >= 0.3 is 0 Å². The summed E-state index contributed by atoms with van der Waals surface area (Å²) in [6.07, 6.45) is 2.40. The summed E-state index contributed by atoms with van der Waals surface area (Å²) in [7, 11) is 3.07. The zero-order valence-electron chi connectivity index (χ0n) is 23.5. The Bertz CT molecular complexity index is 1400. The van der Waals surface area contributed by atoms with Crippen molar-refractivity contribution in [3.8, 4) is 11.5 Å². The topological polar surface area (TPSA) is 110 Å². The van der Waals surface area contributed by atoms with E-state index in [2.05, 4.69) is 10.3 Å². The first-order chi connectivity index (χ1) is 19.8. The minimum atomic E-state index is -1.01. The number of rotatable bonds is 7. The Morgan fingerprint density at radius 1 is 0.951 bits per heavy atom. The third kappa shape index (κ3) is 5.74. The lowest BCUT2D eigenvalue weighted by Crippen LogP contribution is -2.59. The zero-order valence-corrected chi connectivity index (χ0v) is 23.5. The number of likely N-dealkylation sites (tertiary alicyclic amines) is 1. The van der Waals surface area contributed by atoms with Gasteiger partial charge in [-0.05, 0) is 49.4 Å². The average Bonchev–Trinajstić information content (AvgIpc) is 3.38. The highest BCUT2D eigenvalue weighted by atomic mass is 16.5. The van der Waals surface area contributed by atoms with Gasteiger partial charge in [-0.3, -0.25) is 24.3 Å². The van der Waals surface area contributed by atoms with Gasteiger partial charge in [0, 0.05) is 43.3 Å². The van der Waals surface area contributed by atoms with Crippen molar-refractivity contribution in [1.82, 2.24) is 20.1 Å². The van der Waals surface area contributed by atoms with Crippen molar-refractivity contribution in [3.05, 3.63) is 89.2 Å². The second kappa shape index (κ2) is 12.0. The summed E-state index contributed by atoms with van der Waals surface area (Å²) in [5.74, 6) is 0.274. The highest BCUT2D eigenvalue weighted by molar-refractivity contribution is 5.99. The van der Waals surface area contributed by atoms with Crippen LogP contribution in [-0.2, 0) is 16.1 Å². The van der Waals surface area contributed by atoms with Crippen LogP contribution in [0.4, 0.5) is 0 Å². The number of benzene rings is 2. The van der Waals surface area contributed by atoms with Crippen LogP contribution in [0.5, 0.6) is 11.5 Å². The predicted molar refractivity (Wildman–Crippen MR) is 151 cm³/mol. The molecule has 41 heavy (non-hydrogen) atoms. The van der Waals surface area contributed by atoms with E-state index in [0.717, 1.165) is 5.56 Å². The normalized spacial score (nSPS) is 17.8. The number of amides is 3. The van der Waals surface area contributed by atoms with E-state index in [0.29, 0.717) is 54.3 Å². The molecule has 3 aromatic rings. The number of piperidine rings is 1. The standard InChI is InChI=1S/C31H34N4O6/c1-21-7-9-22(10-8-21)30(38)35-25(28(36)33-19-24-6-4-5-15-32-24)20-41-31(35)13-16-34(17-14-31)29(37)23-11-12-26(39-2)27(18-23)40-3/h4-12,15,18,25H,13-14,16-17,19-20H2,1-3H3,(H,33,36). The number of hydrogen-bond donors (Lipinski definition) is 1. The fourth-order valence-electron chi connectivity index (χ4n) is 5.41.